The van der Waals surface area contributed by atoms with Crippen molar-refractivity contribution in [2.45, 2.75) is 47.6 Å². The van der Waals surface area contributed by atoms with Gasteiger partial charge < -0.3 is 5.32 Å². The van der Waals surface area contributed by atoms with Gasteiger partial charge in [-0.2, -0.15) is 0 Å². The Labute approximate surface area is 114 Å². The quantitative estimate of drug-likeness (QED) is 0.848. The lowest BCUT2D eigenvalue weighted by Gasteiger charge is -2.33. The molecule has 0 bridgehead atoms. The van der Waals surface area contributed by atoms with Gasteiger partial charge in [-0.15, -0.1) is 0 Å². The van der Waals surface area contributed by atoms with Crippen molar-refractivity contribution in [2.24, 2.45) is 5.41 Å². The minimum Gasteiger partial charge on any atom is -0.310 e. The average Bonchev–Trinajstić information content (AvgIpc) is 2.19. The summed E-state index contributed by atoms with van der Waals surface area (Å²) >= 11 is 3.60. The zero-order valence-electron chi connectivity index (χ0n) is 11.8. The van der Waals surface area contributed by atoms with Gasteiger partial charge in [0, 0.05) is 10.5 Å². The summed E-state index contributed by atoms with van der Waals surface area (Å²) in [6.45, 7) is 14.4. The topological polar surface area (TPSA) is 12.0 Å². The molecule has 0 saturated carbocycles. The van der Waals surface area contributed by atoms with Crippen molar-refractivity contribution in [3.05, 3.63) is 33.3 Å². The summed E-state index contributed by atoms with van der Waals surface area (Å²) < 4.78 is 1.20. The highest BCUT2D eigenvalue weighted by Crippen LogP contribution is 2.36. The Morgan fingerprint density at radius 2 is 1.76 bits per heavy atom. The fraction of sp³-hybridized carbons (Fsp3) is 0.600. The zero-order chi connectivity index (χ0) is 13.2. The minimum absolute atomic E-state index is 0.223. The van der Waals surface area contributed by atoms with E-state index in [9.17, 15) is 0 Å². The average molecular weight is 298 g/mol. The van der Waals surface area contributed by atoms with Gasteiger partial charge in [-0.1, -0.05) is 49.7 Å². The highest BCUT2D eigenvalue weighted by atomic mass is 79.9. The maximum absolute atomic E-state index is 3.61. The van der Waals surface area contributed by atoms with Crippen LogP contribution >= 0.6 is 15.9 Å². The van der Waals surface area contributed by atoms with Gasteiger partial charge in [-0.3, -0.25) is 0 Å². The minimum atomic E-state index is 0.223. The predicted octanol–water partition coefficient (Wildman–Crippen LogP) is 4.76. The number of hydrogen-bond donors (Lipinski definition) is 1. The molecule has 1 aromatic rings. The Balaban J connectivity index is 3.23. The number of rotatable bonds is 3. The summed E-state index contributed by atoms with van der Waals surface area (Å²) in [4.78, 5) is 0. The molecule has 0 aliphatic rings. The number of aryl methyl sites for hydroxylation is 2. The Kier molecular flexibility index (Phi) is 4.79. The molecule has 2 heteroatoms. The maximum atomic E-state index is 3.61. The SMILES string of the molecule is CCNC(c1cc(C)c(Br)cc1C)C(C)(C)C. The Morgan fingerprint density at radius 3 is 2.24 bits per heavy atom. The van der Waals surface area contributed by atoms with Gasteiger partial charge >= 0.3 is 0 Å². The Hall–Kier alpha value is -0.340. The third-order valence-electron chi connectivity index (χ3n) is 3.13. The summed E-state index contributed by atoms with van der Waals surface area (Å²) in [5, 5.41) is 3.61. The molecule has 1 N–H and O–H groups in total. The third-order valence-corrected chi connectivity index (χ3v) is 3.99. The monoisotopic (exact) mass is 297 g/mol. The fourth-order valence-corrected chi connectivity index (χ4v) is 2.66. The first-order valence-corrected chi connectivity index (χ1v) is 7.06. The lowest BCUT2D eigenvalue weighted by atomic mass is 9.80. The van der Waals surface area contributed by atoms with Crippen LogP contribution in [-0.4, -0.2) is 6.54 Å². The molecule has 0 aliphatic heterocycles. The van der Waals surface area contributed by atoms with Gasteiger partial charge in [-0.05, 0) is 48.6 Å². The van der Waals surface area contributed by atoms with E-state index in [1.165, 1.54) is 21.2 Å². The van der Waals surface area contributed by atoms with Crippen LogP contribution in [0, 0.1) is 19.3 Å². The van der Waals surface area contributed by atoms with Crippen molar-refractivity contribution < 1.29 is 0 Å². The molecule has 1 nitrogen and oxygen atoms in total. The van der Waals surface area contributed by atoms with E-state index in [0.29, 0.717) is 6.04 Å². The molecule has 17 heavy (non-hydrogen) atoms. The second-order valence-corrected chi connectivity index (χ2v) is 6.67. The van der Waals surface area contributed by atoms with Crippen molar-refractivity contribution in [3.63, 3.8) is 0 Å². The first-order chi connectivity index (χ1) is 7.77. The number of halogens is 1. The van der Waals surface area contributed by atoms with Crippen LogP contribution in [0.2, 0.25) is 0 Å². The molecule has 0 aromatic heterocycles. The summed E-state index contributed by atoms with van der Waals surface area (Å²) in [7, 11) is 0. The van der Waals surface area contributed by atoms with Crippen LogP contribution < -0.4 is 5.32 Å². The van der Waals surface area contributed by atoms with E-state index in [1.54, 1.807) is 0 Å². The van der Waals surface area contributed by atoms with E-state index in [-0.39, 0.29) is 5.41 Å². The van der Waals surface area contributed by atoms with Crippen LogP contribution in [0.3, 0.4) is 0 Å². The third kappa shape index (κ3) is 3.56. The summed E-state index contributed by atoms with van der Waals surface area (Å²) in [6.07, 6.45) is 0. The fourth-order valence-electron chi connectivity index (χ4n) is 2.20. The van der Waals surface area contributed by atoms with E-state index >= 15 is 0 Å². The maximum Gasteiger partial charge on any atom is 0.0371 e. The molecule has 1 atom stereocenters. The van der Waals surface area contributed by atoms with Crippen LogP contribution in [-0.2, 0) is 0 Å². The predicted molar refractivity (Wildman–Crippen MR) is 79.5 cm³/mol. The van der Waals surface area contributed by atoms with Gasteiger partial charge in [0.15, 0.2) is 0 Å². The molecule has 0 heterocycles. The molecule has 1 rings (SSSR count). The van der Waals surface area contributed by atoms with Gasteiger partial charge in [-0.25, -0.2) is 0 Å². The molecular formula is C15H24BrN. The number of hydrogen-bond acceptors (Lipinski definition) is 1. The van der Waals surface area contributed by atoms with Gasteiger partial charge in [0.1, 0.15) is 0 Å². The number of benzene rings is 1. The second kappa shape index (κ2) is 5.53. The van der Waals surface area contributed by atoms with Gasteiger partial charge in [0.05, 0.1) is 0 Å². The lowest BCUT2D eigenvalue weighted by molar-refractivity contribution is 0.276. The van der Waals surface area contributed by atoms with Crippen LogP contribution in [0.4, 0.5) is 0 Å². The van der Waals surface area contributed by atoms with E-state index < -0.39 is 0 Å². The normalized spacial score (nSPS) is 13.8. The highest BCUT2D eigenvalue weighted by Gasteiger charge is 2.26. The molecule has 0 amide bonds. The standard InChI is InChI=1S/C15H24BrN/c1-7-17-14(15(4,5)6)12-8-11(3)13(16)9-10(12)2/h8-9,14,17H,7H2,1-6H3. The van der Waals surface area contributed by atoms with Crippen molar-refractivity contribution in [1.29, 1.82) is 0 Å². The Morgan fingerprint density at radius 1 is 1.18 bits per heavy atom. The summed E-state index contributed by atoms with van der Waals surface area (Å²) in [5.74, 6) is 0. The molecule has 0 spiro atoms. The van der Waals surface area contributed by atoms with Gasteiger partial charge in [0.25, 0.3) is 0 Å². The van der Waals surface area contributed by atoms with Crippen molar-refractivity contribution in [2.75, 3.05) is 6.54 Å². The molecule has 0 saturated heterocycles. The molecule has 0 aliphatic carbocycles. The zero-order valence-corrected chi connectivity index (χ0v) is 13.4. The lowest BCUT2D eigenvalue weighted by Crippen LogP contribution is -2.32. The first-order valence-electron chi connectivity index (χ1n) is 6.27. The van der Waals surface area contributed by atoms with E-state index in [2.05, 4.69) is 74.9 Å². The molecule has 0 fully saturated rings. The summed E-state index contributed by atoms with van der Waals surface area (Å²) in [5.41, 5.74) is 4.29. The molecule has 0 radical (unpaired) electrons. The van der Waals surface area contributed by atoms with Crippen LogP contribution in [0.5, 0.6) is 0 Å². The molecule has 96 valence electrons. The highest BCUT2D eigenvalue weighted by molar-refractivity contribution is 9.10. The molecule has 1 unspecified atom stereocenters. The Bertz CT molecular complexity index is 391. The summed E-state index contributed by atoms with van der Waals surface area (Å²) in [6, 6.07) is 4.93. The van der Waals surface area contributed by atoms with Crippen LogP contribution in [0.1, 0.15) is 50.4 Å². The molecule has 1 aromatic carbocycles. The van der Waals surface area contributed by atoms with Crippen LogP contribution in [0.25, 0.3) is 0 Å². The van der Waals surface area contributed by atoms with E-state index in [0.717, 1.165) is 6.54 Å². The largest absolute Gasteiger partial charge is 0.310 e. The van der Waals surface area contributed by atoms with Crippen molar-refractivity contribution in [1.82, 2.24) is 5.32 Å². The second-order valence-electron chi connectivity index (χ2n) is 5.81. The van der Waals surface area contributed by atoms with Crippen molar-refractivity contribution >= 4 is 15.9 Å². The van der Waals surface area contributed by atoms with Crippen molar-refractivity contribution in [3.8, 4) is 0 Å². The van der Waals surface area contributed by atoms with Gasteiger partial charge in [0.2, 0.25) is 0 Å². The molecular weight excluding hydrogens is 274 g/mol. The van der Waals surface area contributed by atoms with E-state index in [1.807, 2.05) is 0 Å². The number of nitrogens with one attached hydrogen (secondary N) is 1. The van der Waals surface area contributed by atoms with E-state index in [4.69, 9.17) is 0 Å². The van der Waals surface area contributed by atoms with Crippen LogP contribution in [0.15, 0.2) is 16.6 Å². The first kappa shape index (κ1) is 14.7. The smallest absolute Gasteiger partial charge is 0.0371 e.